The van der Waals surface area contributed by atoms with Crippen LogP contribution in [0.2, 0.25) is 0 Å². The summed E-state index contributed by atoms with van der Waals surface area (Å²) in [5.41, 5.74) is 2.35. The molecular weight excluding hydrogens is 314 g/mol. The van der Waals surface area contributed by atoms with Gasteiger partial charge in [-0.25, -0.2) is 8.42 Å². The molecule has 0 aliphatic heterocycles. The van der Waals surface area contributed by atoms with Crippen LogP contribution in [0.5, 0.6) is 0 Å². The number of esters is 1. The monoisotopic (exact) mass is 339 g/mol. The summed E-state index contributed by atoms with van der Waals surface area (Å²) in [7, 11) is -3.68. The summed E-state index contributed by atoms with van der Waals surface area (Å²) < 4.78 is 31.8. The number of carbonyl (C=O) groups excluding carboxylic acids is 1. The van der Waals surface area contributed by atoms with Crippen LogP contribution >= 0.6 is 0 Å². The van der Waals surface area contributed by atoms with Gasteiger partial charge in [0.05, 0.1) is 11.5 Å². The second kappa shape index (κ2) is 7.93. The van der Waals surface area contributed by atoms with E-state index in [0.717, 1.165) is 31.2 Å². The summed E-state index contributed by atoms with van der Waals surface area (Å²) in [5, 5.41) is 0. The maximum atomic E-state index is 12.9. The van der Waals surface area contributed by atoms with Crippen molar-refractivity contribution in [2.75, 3.05) is 19.7 Å². The third-order valence-corrected chi connectivity index (χ3v) is 5.88. The van der Waals surface area contributed by atoms with Crippen LogP contribution in [0.4, 0.5) is 0 Å². The minimum absolute atomic E-state index is 0.235. The average molecular weight is 339 g/mol. The number of hydrogen-bond donors (Lipinski definition) is 0. The molecule has 6 heteroatoms. The normalized spacial score (nSPS) is 14.6. The predicted octanol–water partition coefficient (Wildman–Crippen LogP) is 2.53. The number of carbonyl (C=O) groups is 1. The molecule has 0 fully saturated rings. The van der Waals surface area contributed by atoms with Gasteiger partial charge in [-0.1, -0.05) is 13.0 Å². The van der Waals surface area contributed by atoms with E-state index in [2.05, 4.69) is 0 Å². The van der Waals surface area contributed by atoms with E-state index in [1.54, 1.807) is 19.1 Å². The van der Waals surface area contributed by atoms with Gasteiger partial charge in [-0.05, 0) is 62.3 Å². The van der Waals surface area contributed by atoms with Gasteiger partial charge in [-0.2, -0.15) is 4.31 Å². The van der Waals surface area contributed by atoms with Crippen LogP contribution < -0.4 is 0 Å². The minimum Gasteiger partial charge on any atom is -0.465 e. The van der Waals surface area contributed by atoms with Crippen LogP contribution in [0, 0.1) is 0 Å². The van der Waals surface area contributed by atoms with Crippen molar-refractivity contribution in [1.29, 1.82) is 0 Å². The van der Waals surface area contributed by atoms with Gasteiger partial charge in [-0.15, -0.1) is 0 Å². The van der Waals surface area contributed by atoms with Gasteiger partial charge in [0.2, 0.25) is 10.0 Å². The molecule has 128 valence electrons. The molecule has 1 aliphatic carbocycles. The Morgan fingerprint density at radius 3 is 2.52 bits per heavy atom. The smallest absolute Gasteiger partial charge is 0.321 e. The predicted molar refractivity (Wildman–Crippen MR) is 88.8 cm³/mol. The average Bonchev–Trinajstić information content (AvgIpc) is 2.54. The van der Waals surface area contributed by atoms with Crippen LogP contribution in [-0.2, 0) is 32.4 Å². The Morgan fingerprint density at radius 1 is 1.17 bits per heavy atom. The molecule has 0 saturated carbocycles. The van der Waals surface area contributed by atoms with Crippen LogP contribution in [0.15, 0.2) is 23.1 Å². The van der Waals surface area contributed by atoms with Gasteiger partial charge in [0.1, 0.15) is 6.54 Å². The lowest BCUT2D eigenvalue weighted by Gasteiger charge is -2.22. The lowest BCUT2D eigenvalue weighted by Crippen LogP contribution is -2.37. The Labute approximate surface area is 138 Å². The molecule has 0 aromatic heterocycles. The number of aryl methyl sites for hydroxylation is 2. The fourth-order valence-corrected chi connectivity index (χ4v) is 4.43. The number of hydrogen-bond acceptors (Lipinski definition) is 4. The standard InChI is InChI=1S/C17H25NO4S/c1-3-11-18(13-17(19)22-4-2)23(20,21)16-10-9-14-7-5-6-8-15(14)12-16/h9-10,12H,3-8,11,13H2,1-2H3. The maximum Gasteiger partial charge on any atom is 0.321 e. The molecule has 23 heavy (non-hydrogen) atoms. The Kier molecular flexibility index (Phi) is 6.18. The number of rotatable bonds is 7. The number of sulfonamides is 1. The molecule has 0 heterocycles. The molecule has 0 radical (unpaired) electrons. The van der Waals surface area contributed by atoms with Gasteiger partial charge in [0.25, 0.3) is 0 Å². The molecule has 0 atom stereocenters. The van der Waals surface area contributed by atoms with E-state index in [-0.39, 0.29) is 18.0 Å². The van der Waals surface area contributed by atoms with Crippen molar-refractivity contribution in [3.05, 3.63) is 29.3 Å². The van der Waals surface area contributed by atoms with E-state index in [1.165, 1.54) is 9.87 Å². The minimum atomic E-state index is -3.68. The number of ether oxygens (including phenoxy) is 1. The van der Waals surface area contributed by atoms with Crippen LogP contribution in [-0.4, -0.2) is 38.4 Å². The Bertz CT molecular complexity index is 655. The molecule has 0 spiro atoms. The summed E-state index contributed by atoms with van der Waals surface area (Å²) in [6, 6.07) is 5.35. The van der Waals surface area contributed by atoms with Gasteiger partial charge >= 0.3 is 5.97 Å². The second-order valence-electron chi connectivity index (χ2n) is 5.78. The van der Waals surface area contributed by atoms with Crippen molar-refractivity contribution >= 4 is 16.0 Å². The van der Waals surface area contributed by atoms with Gasteiger partial charge in [-0.3, -0.25) is 4.79 Å². The highest BCUT2D eigenvalue weighted by atomic mass is 32.2. The van der Waals surface area contributed by atoms with E-state index >= 15 is 0 Å². The topological polar surface area (TPSA) is 63.7 Å². The van der Waals surface area contributed by atoms with E-state index in [4.69, 9.17) is 4.74 Å². The highest BCUT2D eigenvalue weighted by molar-refractivity contribution is 7.89. The number of fused-ring (bicyclic) bond motifs is 1. The van der Waals surface area contributed by atoms with Crippen LogP contribution in [0.1, 0.15) is 44.2 Å². The Morgan fingerprint density at radius 2 is 1.87 bits per heavy atom. The van der Waals surface area contributed by atoms with Crippen LogP contribution in [0.3, 0.4) is 0 Å². The molecule has 1 aromatic carbocycles. The SMILES string of the molecule is CCCN(CC(=O)OCC)S(=O)(=O)c1ccc2c(c1)CCCC2. The van der Waals surface area contributed by atoms with Gasteiger partial charge in [0.15, 0.2) is 0 Å². The zero-order chi connectivity index (χ0) is 16.9. The molecule has 0 bridgehead atoms. The summed E-state index contributed by atoms with van der Waals surface area (Å²) in [6.45, 7) is 3.91. The number of benzene rings is 1. The summed E-state index contributed by atoms with van der Waals surface area (Å²) in [4.78, 5) is 12.0. The Balaban J connectivity index is 2.27. The Hall–Kier alpha value is -1.40. The van der Waals surface area contributed by atoms with Gasteiger partial charge in [0, 0.05) is 6.54 Å². The fourth-order valence-electron chi connectivity index (χ4n) is 2.90. The van der Waals surface area contributed by atoms with Crippen molar-refractivity contribution in [2.45, 2.75) is 50.8 Å². The number of nitrogens with zero attached hydrogens (tertiary/aromatic N) is 1. The molecule has 1 aliphatic rings. The highest BCUT2D eigenvalue weighted by Crippen LogP contribution is 2.25. The first-order valence-electron chi connectivity index (χ1n) is 8.26. The van der Waals surface area contributed by atoms with Crippen molar-refractivity contribution < 1.29 is 17.9 Å². The maximum absolute atomic E-state index is 12.9. The zero-order valence-electron chi connectivity index (χ0n) is 13.9. The van der Waals surface area contributed by atoms with E-state index < -0.39 is 16.0 Å². The first kappa shape index (κ1) is 17.9. The summed E-state index contributed by atoms with van der Waals surface area (Å²) in [6.07, 6.45) is 4.83. The molecule has 0 unspecified atom stereocenters. The molecular formula is C17H25NO4S. The summed E-state index contributed by atoms with van der Waals surface area (Å²) >= 11 is 0. The molecule has 2 rings (SSSR count). The highest BCUT2D eigenvalue weighted by Gasteiger charge is 2.27. The fraction of sp³-hybridized carbons (Fsp3) is 0.588. The summed E-state index contributed by atoms with van der Waals surface area (Å²) in [5.74, 6) is -0.512. The first-order valence-corrected chi connectivity index (χ1v) is 9.70. The lowest BCUT2D eigenvalue weighted by atomic mass is 9.92. The van der Waals surface area contributed by atoms with E-state index in [0.29, 0.717) is 13.0 Å². The first-order chi connectivity index (χ1) is 11.0. The third kappa shape index (κ3) is 4.32. The molecule has 1 aromatic rings. The van der Waals surface area contributed by atoms with Crippen LogP contribution in [0.25, 0.3) is 0 Å². The lowest BCUT2D eigenvalue weighted by molar-refractivity contribution is -0.143. The van der Waals surface area contributed by atoms with E-state index in [9.17, 15) is 13.2 Å². The zero-order valence-corrected chi connectivity index (χ0v) is 14.7. The molecule has 0 amide bonds. The van der Waals surface area contributed by atoms with Crippen molar-refractivity contribution in [1.82, 2.24) is 4.31 Å². The molecule has 5 nitrogen and oxygen atoms in total. The quantitative estimate of drug-likeness (QED) is 0.716. The molecule has 0 saturated heterocycles. The van der Waals surface area contributed by atoms with Crippen molar-refractivity contribution in [2.24, 2.45) is 0 Å². The van der Waals surface area contributed by atoms with E-state index in [1.807, 2.05) is 13.0 Å². The van der Waals surface area contributed by atoms with Crippen molar-refractivity contribution in [3.8, 4) is 0 Å². The second-order valence-corrected chi connectivity index (χ2v) is 7.72. The largest absolute Gasteiger partial charge is 0.465 e. The third-order valence-electron chi connectivity index (χ3n) is 4.04. The van der Waals surface area contributed by atoms with Crippen molar-refractivity contribution in [3.63, 3.8) is 0 Å². The van der Waals surface area contributed by atoms with Gasteiger partial charge < -0.3 is 4.74 Å². The molecule has 0 N–H and O–H groups in total.